The minimum atomic E-state index is -0.367. The molecule has 4 rings (SSSR count). The topological polar surface area (TPSA) is 66.8 Å². The fraction of sp³-hybridized carbons (Fsp3) is 0.278. The largest absolute Gasteiger partial charge is 0.362 e. The van der Waals surface area contributed by atoms with Crippen LogP contribution < -0.4 is 10.5 Å². The highest BCUT2D eigenvalue weighted by molar-refractivity contribution is 6.32. The highest BCUT2D eigenvalue weighted by Gasteiger charge is 2.25. The normalized spacial score (nSPS) is 15.0. The van der Waals surface area contributed by atoms with Gasteiger partial charge in [-0.15, -0.1) is 0 Å². The van der Waals surface area contributed by atoms with Crippen molar-refractivity contribution in [1.29, 1.82) is 0 Å². The number of aromatic amines is 1. The lowest BCUT2D eigenvalue weighted by Crippen LogP contribution is -2.33. The third-order valence-electron chi connectivity index (χ3n) is 4.76. The molecule has 0 unspecified atom stereocenters. The molecule has 2 aromatic heterocycles. The monoisotopic (exact) mass is 355 g/mol. The Morgan fingerprint density at radius 1 is 1.28 bits per heavy atom. The molecule has 0 fully saturated rings. The molecule has 0 amide bonds. The number of fused-ring (bicyclic) bond motifs is 1. The van der Waals surface area contributed by atoms with E-state index >= 15 is 0 Å². The molecule has 0 bridgehead atoms. The number of anilines is 1. The number of nitrogens with zero attached hydrogens (tertiary/aromatic N) is 4. The maximum Gasteiger partial charge on any atom is 0.285 e. The summed E-state index contributed by atoms with van der Waals surface area (Å²) in [4.78, 5) is 18.3. The molecule has 3 heterocycles. The number of imidazole rings is 1. The second kappa shape index (κ2) is 6.37. The summed E-state index contributed by atoms with van der Waals surface area (Å²) in [5.74, 6) is 0. The Labute approximate surface area is 150 Å². The summed E-state index contributed by atoms with van der Waals surface area (Å²) in [6.07, 6.45) is 4.34. The van der Waals surface area contributed by atoms with E-state index in [1.165, 1.54) is 11.3 Å². The minimum Gasteiger partial charge on any atom is -0.362 e. The molecule has 7 heteroatoms. The summed E-state index contributed by atoms with van der Waals surface area (Å²) in [6.45, 7) is 3.57. The van der Waals surface area contributed by atoms with Crippen LogP contribution in [0.4, 0.5) is 5.69 Å². The average Bonchev–Trinajstić information content (AvgIpc) is 3.07. The zero-order chi connectivity index (χ0) is 17.4. The van der Waals surface area contributed by atoms with Crippen LogP contribution in [0.2, 0.25) is 5.02 Å². The van der Waals surface area contributed by atoms with Crippen molar-refractivity contribution in [3.63, 3.8) is 0 Å². The van der Waals surface area contributed by atoms with Crippen LogP contribution in [0.25, 0.3) is 0 Å². The van der Waals surface area contributed by atoms with Gasteiger partial charge in [-0.25, -0.2) is 10.1 Å². The van der Waals surface area contributed by atoms with E-state index in [1.807, 2.05) is 12.4 Å². The van der Waals surface area contributed by atoms with Crippen LogP contribution in [-0.4, -0.2) is 26.3 Å². The van der Waals surface area contributed by atoms with Crippen molar-refractivity contribution in [2.45, 2.75) is 25.9 Å². The number of hydrogen-bond acceptors (Lipinski definition) is 4. The van der Waals surface area contributed by atoms with Crippen LogP contribution in [0.1, 0.15) is 29.9 Å². The maximum atomic E-state index is 11.7. The number of halogens is 1. The van der Waals surface area contributed by atoms with Crippen molar-refractivity contribution < 1.29 is 0 Å². The zero-order valence-corrected chi connectivity index (χ0v) is 14.6. The lowest BCUT2D eigenvalue weighted by atomic mass is 10.1. The lowest BCUT2D eigenvalue weighted by molar-refractivity contribution is 0.587. The SMILES string of the molecule is C[C@H](c1ccccc1)n1cnc2c1CCN(c1cn[nH]c(=O)c1Cl)C2. The summed E-state index contributed by atoms with van der Waals surface area (Å²) in [5.41, 5.74) is 3.80. The standard InChI is InChI=1S/C18H18ClN5O/c1-12(13-5-3-2-4-6-13)24-11-20-14-10-23(8-7-15(14)24)16-9-21-22-18(25)17(16)19/h2-6,9,11-12H,7-8,10H2,1H3,(H,22,25)/t12-/m1/s1. The van der Waals surface area contributed by atoms with Crippen LogP contribution in [-0.2, 0) is 13.0 Å². The molecule has 0 saturated heterocycles. The zero-order valence-electron chi connectivity index (χ0n) is 13.8. The molecule has 1 atom stereocenters. The summed E-state index contributed by atoms with van der Waals surface area (Å²) in [5, 5.41) is 6.39. The van der Waals surface area contributed by atoms with E-state index in [2.05, 4.69) is 55.8 Å². The van der Waals surface area contributed by atoms with Crippen molar-refractivity contribution in [2.75, 3.05) is 11.4 Å². The van der Waals surface area contributed by atoms with Crippen LogP contribution >= 0.6 is 11.6 Å². The van der Waals surface area contributed by atoms with Crippen molar-refractivity contribution in [3.05, 3.63) is 75.2 Å². The highest BCUT2D eigenvalue weighted by Crippen LogP contribution is 2.29. The van der Waals surface area contributed by atoms with Crippen molar-refractivity contribution in [2.24, 2.45) is 0 Å². The van der Waals surface area contributed by atoms with Gasteiger partial charge in [0.25, 0.3) is 5.56 Å². The van der Waals surface area contributed by atoms with Crippen molar-refractivity contribution >= 4 is 17.3 Å². The van der Waals surface area contributed by atoms with Gasteiger partial charge in [0.1, 0.15) is 5.02 Å². The van der Waals surface area contributed by atoms with Crippen molar-refractivity contribution in [3.8, 4) is 0 Å². The molecule has 1 aromatic carbocycles. The van der Waals surface area contributed by atoms with Crippen LogP contribution in [0.15, 0.2) is 47.7 Å². The van der Waals surface area contributed by atoms with Gasteiger partial charge in [0.15, 0.2) is 0 Å². The second-order valence-corrected chi connectivity index (χ2v) is 6.58. The number of H-pyrrole nitrogens is 1. The lowest BCUT2D eigenvalue weighted by Gasteiger charge is -2.30. The maximum absolute atomic E-state index is 11.7. The first-order chi connectivity index (χ1) is 12.1. The van der Waals surface area contributed by atoms with Gasteiger partial charge in [0, 0.05) is 18.7 Å². The molecule has 3 aromatic rings. The van der Waals surface area contributed by atoms with E-state index in [0.29, 0.717) is 12.2 Å². The van der Waals surface area contributed by atoms with Crippen LogP contribution in [0, 0.1) is 0 Å². The number of rotatable bonds is 3. The molecule has 0 saturated carbocycles. The highest BCUT2D eigenvalue weighted by atomic mass is 35.5. The van der Waals surface area contributed by atoms with E-state index < -0.39 is 0 Å². The van der Waals surface area contributed by atoms with Gasteiger partial charge in [-0.1, -0.05) is 41.9 Å². The molecule has 25 heavy (non-hydrogen) atoms. The molecule has 0 spiro atoms. The van der Waals surface area contributed by atoms with Gasteiger partial charge >= 0.3 is 0 Å². The molecule has 6 nitrogen and oxygen atoms in total. The Kier molecular flexibility index (Phi) is 4.05. The molecular formula is C18H18ClN5O. The Morgan fingerprint density at radius 3 is 2.88 bits per heavy atom. The molecule has 1 aliphatic heterocycles. The Morgan fingerprint density at radius 2 is 2.08 bits per heavy atom. The van der Waals surface area contributed by atoms with Gasteiger partial charge in [-0.2, -0.15) is 5.10 Å². The smallest absolute Gasteiger partial charge is 0.285 e. The van der Waals surface area contributed by atoms with Gasteiger partial charge in [0.2, 0.25) is 0 Å². The van der Waals surface area contributed by atoms with Gasteiger partial charge < -0.3 is 9.47 Å². The van der Waals surface area contributed by atoms with Gasteiger partial charge in [-0.05, 0) is 12.5 Å². The number of benzene rings is 1. The third-order valence-corrected chi connectivity index (χ3v) is 5.12. The summed E-state index contributed by atoms with van der Waals surface area (Å²) in [6, 6.07) is 10.6. The molecule has 0 aliphatic carbocycles. The Balaban J connectivity index is 1.63. The Hall–Kier alpha value is -2.60. The Bertz CT molecular complexity index is 950. The number of hydrogen-bond donors (Lipinski definition) is 1. The summed E-state index contributed by atoms with van der Waals surface area (Å²) in [7, 11) is 0. The van der Waals surface area contributed by atoms with E-state index in [9.17, 15) is 4.79 Å². The van der Waals surface area contributed by atoms with Gasteiger partial charge in [-0.3, -0.25) is 4.79 Å². The molecule has 1 aliphatic rings. The molecule has 128 valence electrons. The van der Waals surface area contributed by atoms with E-state index in [-0.39, 0.29) is 16.6 Å². The van der Waals surface area contributed by atoms with E-state index in [1.54, 1.807) is 6.20 Å². The quantitative estimate of drug-likeness (QED) is 0.784. The average molecular weight is 356 g/mol. The van der Waals surface area contributed by atoms with Crippen LogP contribution in [0.3, 0.4) is 0 Å². The van der Waals surface area contributed by atoms with Crippen LogP contribution in [0.5, 0.6) is 0 Å². The predicted molar refractivity (Wildman–Crippen MR) is 97.1 cm³/mol. The summed E-state index contributed by atoms with van der Waals surface area (Å²) >= 11 is 6.14. The number of nitrogens with one attached hydrogen (secondary N) is 1. The predicted octanol–water partition coefficient (Wildman–Crippen LogP) is 2.79. The number of aromatic nitrogens is 4. The van der Waals surface area contributed by atoms with Gasteiger partial charge in [0.05, 0.1) is 36.5 Å². The molecule has 1 N–H and O–H groups in total. The summed E-state index contributed by atoms with van der Waals surface area (Å²) < 4.78 is 2.24. The molecular weight excluding hydrogens is 338 g/mol. The van der Waals surface area contributed by atoms with E-state index in [0.717, 1.165) is 18.7 Å². The van der Waals surface area contributed by atoms with E-state index in [4.69, 9.17) is 11.6 Å². The fourth-order valence-corrected chi connectivity index (χ4v) is 3.57. The first kappa shape index (κ1) is 15.9. The first-order valence-corrected chi connectivity index (χ1v) is 8.60. The first-order valence-electron chi connectivity index (χ1n) is 8.23. The van der Waals surface area contributed by atoms with Crippen molar-refractivity contribution in [1.82, 2.24) is 19.7 Å². The molecule has 0 radical (unpaired) electrons. The second-order valence-electron chi connectivity index (χ2n) is 6.20. The minimum absolute atomic E-state index is 0.176. The fourth-order valence-electron chi connectivity index (χ4n) is 3.36. The third kappa shape index (κ3) is 2.82.